The van der Waals surface area contributed by atoms with Crippen LogP contribution in [0.2, 0.25) is 0 Å². The molecule has 2 heterocycles. The van der Waals surface area contributed by atoms with E-state index >= 15 is 0 Å². The number of nitrogens with zero attached hydrogens (tertiary/aromatic N) is 5. The number of anilines is 1. The van der Waals surface area contributed by atoms with Crippen LogP contribution in [0.4, 0.5) is 5.82 Å². The zero-order valence-electron chi connectivity index (χ0n) is 11.5. The van der Waals surface area contributed by atoms with Crippen LogP contribution in [0.15, 0.2) is 16.7 Å². The molecule has 0 aliphatic rings. The van der Waals surface area contributed by atoms with Gasteiger partial charge in [-0.2, -0.15) is 10.5 Å². The molecule has 7 nitrogen and oxygen atoms in total. The maximum atomic E-state index is 12.1. The standard InChI is InChI=1S/C13H10N6OS2/c1-7-5-21-12(18-7)9(3-15)10(20)6-22-13-17-4-8(2-14)11(16)19-13/h4-5,9H,6H2,1H3,(H2,16,17,19). The number of thioether (sulfide) groups is 1. The quantitative estimate of drug-likeness (QED) is 0.647. The minimum absolute atomic E-state index is 0.0300. The van der Waals surface area contributed by atoms with Crippen LogP contribution < -0.4 is 5.73 Å². The first-order valence-corrected chi connectivity index (χ1v) is 7.91. The van der Waals surface area contributed by atoms with Crippen LogP contribution in [0.3, 0.4) is 0 Å². The third-order valence-corrected chi connectivity index (χ3v) is 4.51. The second kappa shape index (κ2) is 6.98. The van der Waals surface area contributed by atoms with Gasteiger partial charge in [0.15, 0.2) is 16.9 Å². The van der Waals surface area contributed by atoms with Crippen molar-refractivity contribution in [3.05, 3.63) is 27.8 Å². The van der Waals surface area contributed by atoms with Gasteiger partial charge in [-0.05, 0) is 6.92 Å². The summed E-state index contributed by atoms with van der Waals surface area (Å²) in [6.45, 7) is 1.81. The maximum Gasteiger partial charge on any atom is 0.189 e. The Hall–Kier alpha value is -2.49. The summed E-state index contributed by atoms with van der Waals surface area (Å²) in [4.78, 5) is 24.2. The zero-order valence-corrected chi connectivity index (χ0v) is 13.1. The number of Topliss-reactive ketones (excluding diaryl/α,β-unsaturated/α-hetero) is 1. The van der Waals surface area contributed by atoms with Crippen molar-refractivity contribution in [3.8, 4) is 12.1 Å². The number of ketones is 1. The number of carbonyl (C=O) groups is 1. The number of thiazole rings is 1. The first kappa shape index (κ1) is 15.9. The van der Waals surface area contributed by atoms with Crippen LogP contribution in [0.25, 0.3) is 0 Å². The van der Waals surface area contributed by atoms with Crippen LogP contribution in [0.1, 0.15) is 22.2 Å². The van der Waals surface area contributed by atoms with Gasteiger partial charge in [0.2, 0.25) is 0 Å². The second-order valence-corrected chi connectivity index (χ2v) is 6.04. The second-order valence-electron chi connectivity index (χ2n) is 4.21. The normalized spacial score (nSPS) is 11.4. The Morgan fingerprint density at radius 2 is 2.27 bits per heavy atom. The highest BCUT2D eigenvalue weighted by Gasteiger charge is 2.23. The first-order chi connectivity index (χ1) is 10.5. The van der Waals surface area contributed by atoms with E-state index in [2.05, 4.69) is 15.0 Å². The topological polar surface area (TPSA) is 129 Å². The molecule has 0 saturated heterocycles. The molecule has 1 unspecified atom stereocenters. The Bertz CT molecular complexity index is 789. The van der Waals surface area contributed by atoms with Gasteiger partial charge in [0.1, 0.15) is 22.5 Å². The summed E-state index contributed by atoms with van der Waals surface area (Å²) in [5.74, 6) is -1.06. The zero-order chi connectivity index (χ0) is 16.1. The molecule has 0 amide bonds. The highest BCUT2D eigenvalue weighted by molar-refractivity contribution is 7.99. The largest absolute Gasteiger partial charge is 0.382 e. The summed E-state index contributed by atoms with van der Waals surface area (Å²) in [5, 5.41) is 20.5. The van der Waals surface area contributed by atoms with Crippen LogP contribution in [0, 0.1) is 29.6 Å². The molecule has 22 heavy (non-hydrogen) atoms. The average molecular weight is 330 g/mol. The molecule has 2 rings (SSSR count). The van der Waals surface area contributed by atoms with Crippen molar-refractivity contribution in [2.45, 2.75) is 18.0 Å². The van der Waals surface area contributed by atoms with Crippen molar-refractivity contribution in [1.82, 2.24) is 15.0 Å². The van der Waals surface area contributed by atoms with E-state index in [1.165, 1.54) is 17.5 Å². The Labute approximate surface area is 134 Å². The van der Waals surface area contributed by atoms with E-state index in [-0.39, 0.29) is 28.1 Å². The summed E-state index contributed by atoms with van der Waals surface area (Å²) in [6.07, 6.45) is 1.31. The van der Waals surface area contributed by atoms with E-state index in [1.54, 1.807) is 12.3 Å². The van der Waals surface area contributed by atoms with E-state index < -0.39 is 5.92 Å². The molecule has 1 atom stereocenters. The smallest absolute Gasteiger partial charge is 0.189 e. The lowest BCUT2D eigenvalue weighted by Crippen LogP contribution is -2.13. The maximum absolute atomic E-state index is 12.1. The van der Waals surface area contributed by atoms with Gasteiger partial charge in [-0.3, -0.25) is 4.79 Å². The van der Waals surface area contributed by atoms with Gasteiger partial charge in [-0.25, -0.2) is 15.0 Å². The SMILES string of the molecule is Cc1csc(C(C#N)C(=O)CSc2ncc(C#N)c(N)n2)n1. The van der Waals surface area contributed by atoms with Gasteiger partial charge >= 0.3 is 0 Å². The molecule has 2 aromatic heterocycles. The molecule has 0 spiro atoms. The van der Waals surface area contributed by atoms with Gasteiger partial charge < -0.3 is 5.73 Å². The monoisotopic (exact) mass is 330 g/mol. The Morgan fingerprint density at radius 3 is 2.82 bits per heavy atom. The molecule has 0 bridgehead atoms. The number of carbonyl (C=O) groups excluding carboxylic acids is 1. The average Bonchev–Trinajstić information content (AvgIpc) is 2.92. The van der Waals surface area contributed by atoms with E-state index in [9.17, 15) is 4.79 Å². The Kier molecular flexibility index (Phi) is 5.04. The predicted octanol–water partition coefficient (Wildman–Crippen LogP) is 1.66. The van der Waals surface area contributed by atoms with Crippen LogP contribution in [-0.2, 0) is 4.79 Å². The van der Waals surface area contributed by atoms with Crippen molar-refractivity contribution in [1.29, 1.82) is 10.5 Å². The molecule has 9 heteroatoms. The molecule has 0 aliphatic heterocycles. The van der Waals surface area contributed by atoms with E-state index in [1.807, 2.05) is 12.1 Å². The van der Waals surface area contributed by atoms with Crippen molar-refractivity contribution in [2.75, 3.05) is 11.5 Å². The van der Waals surface area contributed by atoms with Crippen LogP contribution in [0.5, 0.6) is 0 Å². The molecule has 2 N–H and O–H groups in total. The lowest BCUT2D eigenvalue weighted by Gasteiger charge is -2.05. The summed E-state index contributed by atoms with van der Waals surface area (Å²) in [6, 6.07) is 3.84. The number of aryl methyl sites for hydroxylation is 1. The number of hydrogen-bond donors (Lipinski definition) is 1. The lowest BCUT2D eigenvalue weighted by atomic mass is 10.1. The lowest BCUT2D eigenvalue weighted by molar-refractivity contribution is -0.116. The number of rotatable bonds is 5. The van der Waals surface area contributed by atoms with Crippen molar-refractivity contribution < 1.29 is 4.79 Å². The van der Waals surface area contributed by atoms with E-state index in [0.29, 0.717) is 5.01 Å². The van der Waals surface area contributed by atoms with Crippen molar-refractivity contribution >= 4 is 34.7 Å². The number of aromatic nitrogens is 3. The summed E-state index contributed by atoms with van der Waals surface area (Å²) < 4.78 is 0. The van der Waals surface area contributed by atoms with Crippen LogP contribution in [-0.4, -0.2) is 26.5 Å². The van der Waals surface area contributed by atoms with E-state index in [4.69, 9.17) is 16.3 Å². The van der Waals surface area contributed by atoms with Crippen LogP contribution >= 0.6 is 23.1 Å². The van der Waals surface area contributed by atoms with Crippen molar-refractivity contribution in [3.63, 3.8) is 0 Å². The third kappa shape index (κ3) is 3.58. The molecule has 110 valence electrons. The minimum atomic E-state index is -0.887. The first-order valence-electron chi connectivity index (χ1n) is 6.05. The summed E-state index contributed by atoms with van der Waals surface area (Å²) in [7, 11) is 0. The Balaban J connectivity index is 2.04. The third-order valence-electron chi connectivity index (χ3n) is 2.59. The fourth-order valence-electron chi connectivity index (χ4n) is 1.52. The molecule has 2 aromatic rings. The fraction of sp³-hybridized carbons (Fsp3) is 0.231. The molecule has 0 radical (unpaired) electrons. The predicted molar refractivity (Wildman–Crippen MR) is 82.1 cm³/mol. The van der Waals surface area contributed by atoms with Gasteiger partial charge in [0, 0.05) is 11.1 Å². The van der Waals surface area contributed by atoms with Gasteiger partial charge in [0.05, 0.1) is 18.0 Å². The minimum Gasteiger partial charge on any atom is -0.382 e. The van der Waals surface area contributed by atoms with Gasteiger partial charge in [-0.1, -0.05) is 11.8 Å². The highest BCUT2D eigenvalue weighted by atomic mass is 32.2. The van der Waals surface area contributed by atoms with E-state index in [0.717, 1.165) is 17.5 Å². The molecular weight excluding hydrogens is 320 g/mol. The fourth-order valence-corrected chi connectivity index (χ4v) is 3.11. The summed E-state index contributed by atoms with van der Waals surface area (Å²) in [5.41, 5.74) is 6.55. The van der Waals surface area contributed by atoms with Crippen molar-refractivity contribution in [2.24, 2.45) is 0 Å². The number of nitrogen functional groups attached to an aromatic ring is 1. The Morgan fingerprint density at radius 1 is 1.50 bits per heavy atom. The molecule has 0 aromatic carbocycles. The number of hydrogen-bond acceptors (Lipinski definition) is 9. The highest BCUT2D eigenvalue weighted by Crippen LogP contribution is 2.24. The molecular formula is C13H10N6OS2. The molecule has 0 fully saturated rings. The van der Waals surface area contributed by atoms with Gasteiger partial charge in [-0.15, -0.1) is 11.3 Å². The molecule has 0 aliphatic carbocycles. The molecule has 0 saturated carbocycles. The summed E-state index contributed by atoms with van der Waals surface area (Å²) >= 11 is 2.36. The number of nitrogens with two attached hydrogens (primary N) is 1. The van der Waals surface area contributed by atoms with Gasteiger partial charge in [0.25, 0.3) is 0 Å². The number of nitriles is 2.